The van der Waals surface area contributed by atoms with Crippen molar-refractivity contribution in [3.63, 3.8) is 0 Å². The predicted octanol–water partition coefficient (Wildman–Crippen LogP) is 12.4. The molecule has 2 atom stereocenters. The number of allylic oxidation sites excluding steroid dienone is 12. The minimum Gasteiger partial charge on any atom is -0.477 e. The standard InChI is InChI=1S/C49H83NO7/c1-6-8-10-12-14-16-18-20-22-23-24-25-26-28-30-32-34-36-38-40-48(52)57-45(43-55-42-41-46(49(53)54)50(3,4)5)44-56-47(51)39-37-35-33-31-29-27-21-19-17-15-13-11-9-7-2/h8-11,14-17,20-22,27,45-46H,6-7,12-13,18-19,23-26,28-44H2,1-5H3/p+1/b10-8+,11-9+,16-14+,17-15+,22-20+,27-21+. The minimum absolute atomic E-state index is 0.0482. The van der Waals surface area contributed by atoms with Gasteiger partial charge in [0.15, 0.2) is 12.1 Å². The third-order valence-electron chi connectivity index (χ3n) is 9.60. The number of ether oxygens (including phenoxy) is 3. The summed E-state index contributed by atoms with van der Waals surface area (Å²) >= 11 is 0. The van der Waals surface area contributed by atoms with Crippen molar-refractivity contribution in [1.29, 1.82) is 0 Å². The van der Waals surface area contributed by atoms with Gasteiger partial charge in [0.2, 0.25) is 0 Å². The Kier molecular flexibility index (Phi) is 37.3. The normalized spacial score (nSPS) is 13.6. The molecule has 8 heteroatoms. The first-order valence-electron chi connectivity index (χ1n) is 22.5. The van der Waals surface area contributed by atoms with Crippen LogP contribution >= 0.6 is 0 Å². The van der Waals surface area contributed by atoms with Crippen molar-refractivity contribution in [3.05, 3.63) is 72.9 Å². The van der Waals surface area contributed by atoms with Gasteiger partial charge in [0.05, 0.1) is 34.4 Å². The molecule has 0 aromatic carbocycles. The molecular formula is C49H84NO7+. The Bertz CT molecular complexity index is 1160. The Morgan fingerprint density at radius 3 is 1.37 bits per heavy atom. The number of esters is 2. The molecule has 1 N–H and O–H groups in total. The highest BCUT2D eigenvalue weighted by Gasteiger charge is 2.31. The highest BCUT2D eigenvalue weighted by molar-refractivity contribution is 5.72. The molecule has 0 amide bonds. The van der Waals surface area contributed by atoms with Crippen LogP contribution in [0.4, 0.5) is 0 Å². The van der Waals surface area contributed by atoms with Crippen LogP contribution in [0.3, 0.4) is 0 Å². The minimum atomic E-state index is -0.882. The van der Waals surface area contributed by atoms with Gasteiger partial charge < -0.3 is 23.8 Å². The van der Waals surface area contributed by atoms with Gasteiger partial charge in [0.1, 0.15) is 6.61 Å². The molecule has 0 rings (SSSR count). The largest absolute Gasteiger partial charge is 0.477 e. The number of rotatable bonds is 39. The van der Waals surface area contributed by atoms with E-state index in [2.05, 4.69) is 86.8 Å². The number of aliphatic carboxylic acids is 1. The number of carbonyl (C=O) groups is 3. The van der Waals surface area contributed by atoms with Gasteiger partial charge in [0.25, 0.3) is 0 Å². The van der Waals surface area contributed by atoms with Crippen LogP contribution in [0.2, 0.25) is 0 Å². The molecule has 2 unspecified atom stereocenters. The number of carboxylic acids is 1. The molecule has 0 heterocycles. The van der Waals surface area contributed by atoms with Crippen LogP contribution in [0.1, 0.15) is 168 Å². The number of quaternary nitrogens is 1. The lowest BCUT2D eigenvalue weighted by Gasteiger charge is -2.31. The SMILES string of the molecule is CC/C=C/C/C=C/C/C=C/CCCCCCCCCCCC(=O)OC(COCCC(C(=O)O)[N+](C)(C)C)COC(=O)CCCCCC/C=C/C/C=C/C/C=C/CC. The fourth-order valence-corrected chi connectivity index (χ4v) is 6.18. The van der Waals surface area contributed by atoms with E-state index in [0.717, 1.165) is 96.3 Å². The molecule has 0 aliphatic carbocycles. The van der Waals surface area contributed by atoms with Gasteiger partial charge in [-0.05, 0) is 77.0 Å². The van der Waals surface area contributed by atoms with E-state index in [4.69, 9.17) is 14.2 Å². The van der Waals surface area contributed by atoms with Crippen LogP contribution in [-0.2, 0) is 28.6 Å². The molecule has 0 bridgehead atoms. The number of hydrogen-bond donors (Lipinski definition) is 1. The van der Waals surface area contributed by atoms with Gasteiger partial charge in [-0.15, -0.1) is 0 Å². The predicted molar refractivity (Wildman–Crippen MR) is 238 cm³/mol. The monoisotopic (exact) mass is 799 g/mol. The van der Waals surface area contributed by atoms with E-state index in [0.29, 0.717) is 19.3 Å². The van der Waals surface area contributed by atoms with Crippen molar-refractivity contribution in [2.45, 2.75) is 180 Å². The fourth-order valence-electron chi connectivity index (χ4n) is 6.18. The molecule has 0 aliphatic heterocycles. The molecule has 0 saturated heterocycles. The first-order valence-corrected chi connectivity index (χ1v) is 22.5. The van der Waals surface area contributed by atoms with Crippen molar-refractivity contribution in [1.82, 2.24) is 0 Å². The number of carboxylic acid groups (broad SMARTS) is 1. The van der Waals surface area contributed by atoms with Gasteiger partial charge in [-0.1, -0.05) is 145 Å². The second-order valence-electron chi connectivity index (χ2n) is 15.9. The summed E-state index contributed by atoms with van der Waals surface area (Å²) in [6.45, 7) is 4.47. The molecule has 57 heavy (non-hydrogen) atoms. The Morgan fingerprint density at radius 2 is 0.930 bits per heavy atom. The Hall–Kier alpha value is -3.23. The van der Waals surface area contributed by atoms with Crippen LogP contribution < -0.4 is 0 Å². The van der Waals surface area contributed by atoms with Crippen molar-refractivity contribution >= 4 is 17.9 Å². The summed E-state index contributed by atoms with van der Waals surface area (Å²) in [5, 5.41) is 9.62. The Morgan fingerprint density at radius 1 is 0.526 bits per heavy atom. The second kappa shape index (κ2) is 39.6. The summed E-state index contributed by atoms with van der Waals surface area (Å²) in [5.41, 5.74) is 0. The van der Waals surface area contributed by atoms with Gasteiger partial charge in [0, 0.05) is 19.3 Å². The van der Waals surface area contributed by atoms with Gasteiger partial charge >= 0.3 is 17.9 Å². The second-order valence-corrected chi connectivity index (χ2v) is 15.9. The van der Waals surface area contributed by atoms with Crippen molar-refractivity contribution in [2.24, 2.45) is 0 Å². The van der Waals surface area contributed by atoms with Gasteiger partial charge in [-0.3, -0.25) is 9.59 Å². The lowest BCUT2D eigenvalue weighted by atomic mass is 10.1. The summed E-state index contributed by atoms with van der Waals surface area (Å²) < 4.78 is 17.3. The summed E-state index contributed by atoms with van der Waals surface area (Å²) in [6, 6.07) is -0.622. The molecule has 0 aromatic rings. The van der Waals surface area contributed by atoms with Gasteiger partial charge in [-0.2, -0.15) is 0 Å². The third kappa shape index (κ3) is 38.1. The molecule has 0 aromatic heterocycles. The number of unbranched alkanes of at least 4 members (excludes halogenated alkanes) is 13. The summed E-state index contributed by atoms with van der Waals surface area (Å²) in [5.74, 6) is -1.51. The summed E-state index contributed by atoms with van der Waals surface area (Å²) in [4.78, 5) is 37.0. The zero-order chi connectivity index (χ0) is 42.1. The van der Waals surface area contributed by atoms with Crippen molar-refractivity contribution < 1.29 is 38.2 Å². The van der Waals surface area contributed by atoms with E-state index >= 15 is 0 Å². The van der Waals surface area contributed by atoms with E-state index in [1.54, 1.807) is 0 Å². The molecule has 0 radical (unpaired) electrons. The molecule has 8 nitrogen and oxygen atoms in total. The van der Waals surface area contributed by atoms with Crippen molar-refractivity contribution in [3.8, 4) is 0 Å². The molecule has 0 fully saturated rings. The van der Waals surface area contributed by atoms with E-state index < -0.39 is 18.1 Å². The Balaban J connectivity index is 4.36. The number of likely N-dealkylation sites (N-methyl/N-ethyl adjacent to an activating group) is 1. The zero-order valence-corrected chi connectivity index (χ0v) is 37.0. The van der Waals surface area contributed by atoms with Crippen LogP contribution in [0.25, 0.3) is 0 Å². The average Bonchev–Trinajstić information content (AvgIpc) is 3.17. The van der Waals surface area contributed by atoms with Crippen LogP contribution in [0.5, 0.6) is 0 Å². The average molecular weight is 799 g/mol. The zero-order valence-electron chi connectivity index (χ0n) is 37.0. The number of carbonyl (C=O) groups excluding carboxylic acids is 2. The van der Waals surface area contributed by atoms with E-state index in [1.165, 1.54) is 38.5 Å². The maximum Gasteiger partial charge on any atom is 0.362 e. The fraction of sp³-hybridized carbons (Fsp3) is 0.694. The van der Waals surface area contributed by atoms with E-state index in [1.807, 2.05) is 21.1 Å². The highest BCUT2D eigenvalue weighted by atomic mass is 16.6. The van der Waals surface area contributed by atoms with E-state index in [9.17, 15) is 19.5 Å². The maximum absolute atomic E-state index is 12.7. The smallest absolute Gasteiger partial charge is 0.362 e. The van der Waals surface area contributed by atoms with E-state index in [-0.39, 0.29) is 36.2 Å². The van der Waals surface area contributed by atoms with Crippen molar-refractivity contribution in [2.75, 3.05) is 41.0 Å². The summed E-state index contributed by atoms with van der Waals surface area (Å²) in [6.07, 6.45) is 49.4. The molecule has 0 saturated carbocycles. The topological polar surface area (TPSA) is 99.1 Å². The first-order chi connectivity index (χ1) is 27.6. The molecule has 0 spiro atoms. The van der Waals surface area contributed by atoms with Crippen LogP contribution in [0.15, 0.2) is 72.9 Å². The molecule has 326 valence electrons. The lowest BCUT2D eigenvalue weighted by molar-refractivity contribution is -0.887. The summed E-state index contributed by atoms with van der Waals surface area (Å²) in [7, 11) is 5.51. The maximum atomic E-state index is 12.7. The third-order valence-corrected chi connectivity index (χ3v) is 9.60. The van der Waals surface area contributed by atoms with Crippen LogP contribution in [-0.4, -0.2) is 80.6 Å². The molecule has 0 aliphatic rings. The highest BCUT2D eigenvalue weighted by Crippen LogP contribution is 2.14. The Labute approximate surface area is 349 Å². The quantitative estimate of drug-likeness (QED) is 0.0286. The van der Waals surface area contributed by atoms with Crippen LogP contribution in [0, 0.1) is 0 Å². The number of nitrogens with zero attached hydrogens (tertiary/aromatic N) is 1. The lowest BCUT2D eigenvalue weighted by Crippen LogP contribution is -2.50. The molecular weight excluding hydrogens is 715 g/mol. The van der Waals surface area contributed by atoms with Gasteiger partial charge in [-0.25, -0.2) is 4.79 Å². The first kappa shape index (κ1) is 53.8. The number of hydrogen-bond acceptors (Lipinski definition) is 6.